The molecule has 60 valence electrons. The Bertz CT molecular complexity index is 301. The molecule has 0 saturated carbocycles. The standard InChI is InChI=1S/C8H12N2O/c1-5(2)7-4-9-6(3)8(11)10-7/h4-5H,1-3H3,(H,10,11). The van der Waals surface area contributed by atoms with Crippen LogP contribution >= 0.6 is 0 Å². The van der Waals surface area contributed by atoms with Gasteiger partial charge in [0.05, 0.1) is 0 Å². The van der Waals surface area contributed by atoms with Crippen LogP contribution in [0, 0.1) is 6.92 Å². The summed E-state index contributed by atoms with van der Waals surface area (Å²) in [5.41, 5.74) is 1.33. The summed E-state index contributed by atoms with van der Waals surface area (Å²) in [5, 5.41) is 0. The monoisotopic (exact) mass is 152 g/mol. The van der Waals surface area contributed by atoms with Gasteiger partial charge in [-0.25, -0.2) is 0 Å². The Kier molecular flexibility index (Phi) is 2.08. The van der Waals surface area contributed by atoms with Crippen molar-refractivity contribution in [2.45, 2.75) is 26.7 Å². The number of aromatic nitrogens is 2. The Labute approximate surface area is 65.5 Å². The lowest BCUT2D eigenvalue weighted by atomic mass is 10.1. The van der Waals surface area contributed by atoms with Crippen molar-refractivity contribution in [2.24, 2.45) is 0 Å². The molecule has 1 N–H and O–H groups in total. The van der Waals surface area contributed by atoms with Crippen LogP contribution in [0.1, 0.15) is 31.2 Å². The normalized spacial score (nSPS) is 10.5. The Morgan fingerprint density at radius 3 is 2.64 bits per heavy atom. The molecule has 0 saturated heterocycles. The highest BCUT2D eigenvalue weighted by molar-refractivity contribution is 5.04. The molecule has 0 bridgehead atoms. The fraction of sp³-hybridized carbons (Fsp3) is 0.500. The summed E-state index contributed by atoms with van der Waals surface area (Å²) in [5.74, 6) is 0.329. The van der Waals surface area contributed by atoms with Gasteiger partial charge in [-0.15, -0.1) is 0 Å². The van der Waals surface area contributed by atoms with Crippen molar-refractivity contribution < 1.29 is 0 Å². The average Bonchev–Trinajstić information content (AvgIpc) is 1.94. The highest BCUT2D eigenvalue weighted by Crippen LogP contribution is 2.06. The summed E-state index contributed by atoms with van der Waals surface area (Å²) >= 11 is 0. The number of H-pyrrole nitrogens is 1. The van der Waals surface area contributed by atoms with Gasteiger partial charge < -0.3 is 4.98 Å². The van der Waals surface area contributed by atoms with Crippen LogP contribution in [-0.2, 0) is 0 Å². The van der Waals surface area contributed by atoms with Crippen LogP contribution in [0.5, 0.6) is 0 Å². The molecule has 3 heteroatoms. The van der Waals surface area contributed by atoms with Crippen LogP contribution in [-0.4, -0.2) is 9.97 Å². The summed E-state index contributed by atoms with van der Waals surface area (Å²) in [6, 6.07) is 0. The smallest absolute Gasteiger partial charge is 0.269 e. The van der Waals surface area contributed by atoms with Crippen LogP contribution in [0.15, 0.2) is 11.0 Å². The minimum atomic E-state index is -0.0869. The van der Waals surface area contributed by atoms with Crippen molar-refractivity contribution in [1.29, 1.82) is 0 Å². The first-order chi connectivity index (χ1) is 5.11. The van der Waals surface area contributed by atoms with Gasteiger partial charge >= 0.3 is 0 Å². The van der Waals surface area contributed by atoms with Gasteiger partial charge in [-0.3, -0.25) is 9.78 Å². The largest absolute Gasteiger partial charge is 0.323 e. The second kappa shape index (κ2) is 2.86. The van der Waals surface area contributed by atoms with E-state index in [1.165, 1.54) is 0 Å². The van der Waals surface area contributed by atoms with E-state index in [-0.39, 0.29) is 5.56 Å². The van der Waals surface area contributed by atoms with E-state index in [0.717, 1.165) is 5.69 Å². The molecular weight excluding hydrogens is 140 g/mol. The van der Waals surface area contributed by atoms with Gasteiger partial charge in [-0.05, 0) is 12.8 Å². The minimum Gasteiger partial charge on any atom is -0.323 e. The van der Waals surface area contributed by atoms with Crippen molar-refractivity contribution in [1.82, 2.24) is 9.97 Å². The molecule has 0 amide bonds. The predicted molar refractivity (Wildman–Crippen MR) is 43.7 cm³/mol. The lowest BCUT2D eigenvalue weighted by Gasteiger charge is -2.02. The molecule has 0 aliphatic heterocycles. The van der Waals surface area contributed by atoms with Crippen molar-refractivity contribution >= 4 is 0 Å². The molecule has 1 aromatic rings. The van der Waals surface area contributed by atoms with Gasteiger partial charge in [-0.1, -0.05) is 13.8 Å². The van der Waals surface area contributed by atoms with E-state index >= 15 is 0 Å². The number of hydrogen-bond donors (Lipinski definition) is 1. The Hall–Kier alpha value is -1.12. The van der Waals surface area contributed by atoms with Gasteiger partial charge in [0.25, 0.3) is 5.56 Å². The van der Waals surface area contributed by atoms with E-state index in [2.05, 4.69) is 9.97 Å². The first kappa shape index (κ1) is 7.98. The Morgan fingerprint density at radius 1 is 1.55 bits per heavy atom. The third-order valence-corrected chi connectivity index (χ3v) is 1.61. The van der Waals surface area contributed by atoms with E-state index in [0.29, 0.717) is 11.6 Å². The molecule has 0 fully saturated rings. The van der Waals surface area contributed by atoms with E-state index in [9.17, 15) is 4.79 Å². The lowest BCUT2D eigenvalue weighted by Crippen LogP contribution is -2.14. The molecule has 0 radical (unpaired) electrons. The van der Waals surface area contributed by atoms with Crippen molar-refractivity contribution in [3.63, 3.8) is 0 Å². The molecule has 0 aliphatic rings. The molecule has 3 nitrogen and oxygen atoms in total. The third kappa shape index (κ3) is 1.67. The van der Waals surface area contributed by atoms with Crippen LogP contribution in [0.3, 0.4) is 0 Å². The number of rotatable bonds is 1. The van der Waals surface area contributed by atoms with E-state index < -0.39 is 0 Å². The van der Waals surface area contributed by atoms with Crippen molar-refractivity contribution in [2.75, 3.05) is 0 Å². The zero-order chi connectivity index (χ0) is 8.43. The quantitative estimate of drug-likeness (QED) is 0.657. The van der Waals surface area contributed by atoms with E-state index in [4.69, 9.17) is 0 Å². The molecular formula is C8H12N2O. The molecule has 0 aromatic carbocycles. The summed E-state index contributed by atoms with van der Waals surface area (Å²) in [4.78, 5) is 17.7. The minimum absolute atomic E-state index is 0.0869. The van der Waals surface area contributed by atoms with Crippen LogP contribution < -0.4 is 5.56 Å². The molecule has 0 atom stereocenters. The molecule has 0 unspecified atom stereocenters. The zero-order valence-electron chi connectivity index (χ0n) is 7.01. The zero-order valence-corrected chi connectivity index (χ0v) is 7.01. The topological polar surface area (TPSA) is 45.8 Å². The maximum absolute atomic E-state index is 11.0. The van der Waals surface area contributed by atoms with E-state index in [1.54, 1.807) is 13.1 Å². The molecule has 0 spiro atoms. The number of aromatic amines is 1. The highest BCUT2D eigenvalue weighted by Gasteiger charge is 2.00. The second-order valence-corrected chi connectivity index (χ2v) is 2.91. The number of nitrogens with one attached hydrogen (secondary N) is 1. The Morgan fingerprint density at radius 2 is 2.18 bits per heavy atom. The van der Waals surface area contributed by atoms with Gasteiger partial charge in [0.1, 0.15) is 5.69 Å². The summed E-state index contributed by atoms with van der Waals surface area (Å²) in [6.45, 7) is 5.73. The maximum Gasteiger partial charge on any atom is 0.269 e. The second-order valence-electron chi connectivity index (χ2n) is 2.91. The van der Waals surface area contributed by atoms with Crippen LogP contribution in [0.4, 0.5) is 0 Å². The molecule has 0 aliphatic carbocycles. The first-order valence-corrected chi connectivity index (χ1v) is 3.67. The Balaban J connectivity index is 3.16. The van der Waals surface area contributed by atoms with Gasteiger partial charge in [-0.2, -0.15) is 0 Å². The van der Waals surface area contributed by atoms with Crippen molar-refractivity contribution in [3.05, 3.63) is 27.9 Å². The first-order valence-electron chi connectivity index (χ1n) is 3.67. The number of nitrogens with zero attached hydrogens (tertiary/aromatic N) is 1. The van der Waals surface area contributed by atoms with Gasteiger partial charge in [0, 0.05) is 11.9 Å². The van der Waals surface area contributed by atoms with Gasteiger partial charge in [0.2, 0.25) is 0 Å². The maximum atomic E-state index is 11.0. The third-order valence-electron chi connectivity index (χ3n) is 1.61. The van der Waals surface area contributed by atoms with Gasteiger partial charge in [0.15, 0.2) is 0 Å². The summed E-state index contributed by atoms with van der Waals surface area (Å²) in [7, 11) is 0. The summed E-state index contributed by atoms with van der Waals surface area (Å²) in [6.07, 6.45) is 1.71. The fourth-order valence-electron chi connectivity index (χ4n) is 0.772. The molecule has 1 heterocycles. The molecule has 1 aromatic heterocycles. The SMILES string of the molecule is Cc1ncc(C(C)C)[nH]c1=O. The van der Waals surface area contributed by atoms with Crippen LogP contribution in [0.25, 0.3) is 0 Å². The van der Waals surface area contributed by atoms with Crippen molar-refractivity contribution in [3.8, 4) is 0 Å². The lowest BCUT2D eigenvalue weighted by molar-refractivity contribution is 0.797. The average molecular weight is 152 g/mol. The molecule has 1 rings (SSSR count). The molecule has 11 heavy (non-hydrogen) atoms. The predicted octanol–water partition coefficient (Wildman–Crippen LogP) is 1.20. The summed E-state index contributed by atoms with van der Waals surface area (Å²) < 4.78 is 0. The number of hydrogen-bond acceptors (Lipinski definition) is 2. The van der Waals surface area contributed by atoms with E-state index in [1.807, 2.05) is 13.8 Å². The fourth-order valence-corrected chi connectivity index (χ4v) is 0.772. The highest BCUT2D eigenvalue weighted by atomic mass is 16.1. The number of aryl methyl sites for hydroxylation is 1. The van der Waals surface area contributed by atoms with Crippen LogP contribution in [0.2, 0.25) is 0 Å².